The minimum atomic E-state index is -0.616. The molecule has 0 aromatic heterocycles. The van der Waals surface area contributed by atoms with Gasteiger partial charge in [-0.3, -0.25) is 14.9 Å². The third kappa shape index (κ3) is 4.71. The van der Waals surface area contributed by atoms with Crippen molar-refractivity contribution in [2.75, 3.05) is 19.5 Å². The molecule has 0 bridgehead atoms. The molecule has 2 aromatic rings. The molecule has 0 radical (unpaired) electrons. The number of nitro benzene ring substituents is 1. The molecule has 1 amide bonds. The maximum absolute atomic E-state index is 12.0. The molecule has 0 aliphatic heterocycles. The Morgan fingerprint density at radius 1 is 1.20 bits per heavy atom. The smallest absolute Gasteiger partial charge is 0.289 e. The molecule has 0 saturated carbocycles. The second-order valence-electron chi connectivity index (χ2n) is 4.85. The monoisotopic (exact) mass is 362 g/mol. The highest BCUT2D eigenvalue weighted by Crippen LogP contribution is 2.28. The first-order chi connectivity index (χ1) is 11.9. The Morgan fingerprint density at radius 3 is 2.60 bits per heavy atom. The van der Waals surface area contributed by atoms with Crippen LogP contribution in [0.5, 0.6) is 11.5 Å². The van der Waals surface area contributed by atoms with Gasteiger partial charge in [0.1, 0.15) is 16.5 Å². The van der Waals surface area contributed by atoms with E-state index in [0.717, 1.165) is 0 Å². The van der Waals surface area contributed by atoms with Gasteiger partial charge in [-0.15, -0.1) is 0 Å². The average molecular weight is 363 g/mol. The first-order valence-electron chi connectivity index (χ1n) is 7.09. The first-order valence-corrected chi connectivity index (χ1v) is 7.47. The second kappa shape index (κ2) is 8.16. The lowest BCUT2D eigenvalue weighted by molar-refractivity contribution is -0.384. The number of benzene rings is 2. The van der Waals surface area contributed by atoms with Crippen LogP contribution in [0.3, 0.4) is 0 Å². The van der Waals surface area contributed by atoms with Crippen molar-refractivity contribution >= 4 is 35.0 Å². The van der Waals surface area contributed by atoms with Crippen LogP contribution in [0.25, 0.3) is 6.08 Å². The van der Waals surface area contributed by atoms with Gasteiger partial charge in [0, 0.05) is 23.4 Å². The lowest BCUT2D eigenvalue weighted by atomic mass is 10.1. The van der Waals surface area contributed by atoms with Crippen molar-refractivity contribution in [1.82, 2.24) is 0 Å². The van der Waals surface area contributed by atoms with E-state index in [2.05, 4.69) is 5.32 Å². The van der Waals surface area contributed by atoms with Gasteiger partial charge < -0.3 is 14.8 Å². The minimum absolute atomic E-state index is 0.000317. The van der Waals surface area contributed by atoms with E-state index >= 15 is 0 Å². The van der Waals surface area contributed by atoms with E-state index in [4.69, 9.17) is 21.1 Å². The van der Waals surface area contributed by atoms with Gasteiger partial charge >= 0.3 is 0 Å². The molecule has 7 nitrogen and oxygen atoms in total. The highest BCUT2D eigenvalue weighted by atomic mass is 35.5. The lowest BCUT2D eigenvalue weighted by Crippen LogP contribution is -2.08. The quantitative estimate of drug-likeness (QED) is 0.478. The summed E-state index contributed by atoms with van der Waals surface area (Å²) in [4.78, 5) is 22.3. The maximum Gasteiger partial charge on any atom is 0.289 e. The Morgan fingerprint density at radius 2 is 1.96 bits per heavy atom. The summed E-state index contributed by atoms with van der Waals surface area (Å²) in [6.07, 6.45) is 2.85. The van der Waals surface area contributed by atoms with Crippen molar-refractivity contribution in [3.8, 4) is 11.5 Å². The lowest BCUT2D eigenvalue weighted by Gasteiger charge is -2.07. The Balaban J connectivity index is 2.16. The van der Waals surface area contributed by atoms with Crippen LogP contribution in [-0.4, -0.2) is 25.1 Å². The Labute approximate surface area is 149 Å². The Kier molecular flexibility index (Phi) is 5.97. The molecule has 0 saturated heterocycles. The number of nitro groups is 1. The fourth-order valence-electron chi connectivity index (χ4n) is 2.05. The number of hydrogen-bond acceptors (Lipinski definition) is 5. The summed E-state index contributed by atoms with van der Waals surface area (Å²) in [6.45, 7) is 0. The molecule has 0 aliphatic rings. The normalized spacial score (nSPS) is 10.5. The van der Waals surface area contributed by atoms with Crippen LogP contribution in [0.4, 0.5) is 11.4 Å². The van der Waals surface area contributed by atoms with Gasteiger partial charge in [0.2, 0.25) is 5.91 Å². The van der Waals surface area contributed by atoms with Gasteiger partial charge in [0.15, 0.2) is 0 Å². The Bertz CT molecular complexity index is 836. The van der Waals surface area contributed by atoms with Crippen molar-refractivity contribution in [1.29, 1.82) is 0 Å². The fraction of sp³-hybridized carbons (Fsp3) is 0.118. The van der Waals surface area contributed by atoms with Crippen LogP contribution < -0.4 is 14.8 Å². The van der Waals surface area contributed by atoms with Crippen LogP contribution in [0.2, 0.25) is 5.02 Å². The predicted molar refractivity (Wildman–Crippen MR) is 95.3 cm³/mol. The molecule has 8 heteroatoms. The molecule has 1 N–H and O–H groups in total. The van der Waals surface area contributed by atoms with Gasteiger partial charge in [0.25, 0.3) is 5.69 Å². The van der Waals surface area contributed by atoms with Gasteiger partial charge in [-0.2, -0.15) is 0 Å². The topological polar surface area (TPSA) is 90.7 Å². The number of ether oxygens (including phenoxy) is 2. The number of hydrogen-bond donors (Lipinski definition) is 1. The number of carbonyl (C=O) groups excluding carboxylic acids is 1. The molecule has 0 fully saturated rings. The van der Waals surface area contributed by atoms with Crippen molar-refractivity contribution in [3.63, 3.8) is 0 Å². The number of anilines is 1. The number of rotatable bonds is 6. The standard InChI is InChI=1S/C17H15ClN2O5/c1-24-13-5-7-16(25-2)11(9-13)3-8-17(21)19-12-4-6-14(18)15(10-12)20(22)23/h3-10H,1-2H3,(H,19,21)/b8-3+. The molecule has 0 atom stereocenters. The van der Waals surface area contributed by atoms with E-state index in [-0.39, 0.29) is 16.4 Å². The average Bonchev–Trinajstić information content (AvgIpc) is 2.61. The van der Waals surface area contributed by atoms with E-state index in [0.29, 0.717) is 17.1 Å². The van der Waals surface area contributed by atoms with Crippen LogP contribution in [-0.2, 0) is 4.79 Å². The van der Waals surface area contributed by atoms with E-state index in [1.807, 2.05) is 0 Å². The molecular formula is C17H15ClN2O5. The largest absolute Gasteiger partial charge is 0.497 e. The molecule has 0 unspecified atom stereocenters. The Hall–Kier alpha value is -3.06. The van der Waals surface area contributed by atoms with Gasteiger partial charge in [-0.25, -0.2) is 0 Å². The SMILES string of the molecule is COc1ccc(OC)c(/C=C/C(=O)Nc2ccc(Cl)c([N+](=O)[O-])c2)c1. The highest BCUT2D eigenvalue weighted by Gasteiger charge is 2.13. The molecule has 0 heterocycles. The number of methoxy groups -OCH3 is 2. The summed E-state index contributed by atoms with van der Waals surface area (Å²) < 4.78 is 10.4. The second-order valence-corrected chi connectivity index (χ2v) is 5.26. The molecule has 0 aliphatic carbocycles. The van der Waals surface area contributed by atoms with Crippen LogP contribution in [0, 0.1) is 10.1 Å². The first kappa shape index (κ1) is 18.3. The predicted octanol–water partition coefficient (Wildman–Crippen LogP) is 3.92. The zero-order valence-electron chi connectivity index (χ0n) is 13.5. The summed E-state index contributed by atoms with van der Waals surface area (Å²) in [7, 11) is 3.06. The minimum Gasteiger partial charge on any atom is -0.497 e. The van der Waals surface area contributed by atoms with Crippen LogP contribution in [0.1, 0.15) is 5.56 Å². The zero-order chi connectivity index (χ0) is 18.4. The summed E-state index contributed by atoms with van der Waals surface area (Å²) in [5.41, 5.74) is 0.639. The number of carbonyl (C=O) groups is 1. The van der Waals surface area contributed by atoms with Crippen molar-refractivity contribution in [2.45, 2.75) is 0 Å². The van der Waals surface area contributed by atoms with Crippen molar-refractivity contribution < 1.29 is 19.2 Å². The van der Waals surface area contributed by atoms with Gasteiger partial charge in [-0.1, -0.05) is 11.6 Å². The molecule has 0 spiro atoms. The summed E-state index contributed by atoms with van der Waals surface area (Å²) in [5, 5.41) is 13.4. The van der Waals surface area contributed by atoms with Gasteiger partial charge in [-0.05, 0) is 36.4 Å². The maximum atomic E-state index is 12.0. The zero-order valence-corrected chi connectivity index (χ0v) is 14.2. The number of nitrogens with zero attached hydrogens (tertiary/aromatic N) is 1. The molecule has 2 rings (SSSR count). The number of amides is 1. The molecule has 2 aromatic carbocycles. The number of nitrogens with one attached hydrogen (secondary N) is 1. The summed E-state index contributed by atoms with van der Waals surface area (Å²) >= 11 is 5.74. The van der Waals surface area contributed by atoms with Gasteiger partial charge in [0.05, 0.1) is 19.1 Å². The molecular weight excluding hydrogens is 348 g/mol. The van der Waals surface area contributed by atoms with Crippen molar-refractivity contribution in [2.24, 2.45) is 0 Å². The summed E-state index contributed by atoms with van der Waals surface area (Å²) in [5.74, 6) is 0.739. The van der Waals surface area contributed by atoms with E-state index in [9.17, 15) is 14.9 Å². The number of halogens is 1. The van der Waals surface area contributed by atoms with E-state index < -0.39 is 10.8 Å². The van der Waals surface area contributed by atoms with E-state index in [1.165, 1.54) is 38.5 Å². The van der Waals surface area contributed by atoms with Crippen molar-refractivity contribution in [3.05, 3.63) is 63.2 Å². The van der Waals surface area contributed by atoms with E-state index in [1.54, 1.807) is 24.3 Å². The molecule has 25 heavy (non-hydrogen) atoms. The highest BCUT2D eigenvalue weighted by molar-refractivity contribution is 6.32. The third-order valence-corrected chi connectivity index (χ3v) is 3.58. The van der Waals surface area contributed by atoms with Crippen LogP contribution in [0.15, 0.2) is 42.5 Å². The van der Waals surface area contributed by atoms with Crippen LogP contribution >= 0.6 is 11.6 Å². The fourth-order valence-corrected chi connectivity index (χ4v) is 2.24. The summed E-state index contributed by atoms with van der Waals surface area (Å²) in [6, 6.07) is 9.20. The third-order valence-electron chi connectivity index (χ3n) is 3.26. The molecule has 130 valence electrons.